The zero-order chi connectivity index (χ0) is 14.7. The van der Waals surface area contributed by atoms with Gasteiger partial charge in [-0.05, 0) is 56.7 Å². The first-order valence-electron chi connectivity index (χ1n) is 6.55. The monoisotopic (exact) mass is 420 g/mol. The Morgan fingerprint density at radius 2 is 2.20 bits per heavy atom. The van der Waals surface area contributed by atoms with Gasteiger partial charge >= 0.3 is 0 Å². The fourth-order valence-corrected chi connectivity index (χ4v) is 4.62. The molecule has 2 aromatic heterocycles. The fraction of sp³-hybridized carbons (Fsp3) is 0.462. The Kier molecular flexibility index (Phi) is 5.80. The number of nitrogens with two attached hydrogens (primary N) is 1. The summed E-state index contributed by atoms with van der Waals surface area (Å²) < 4.78 is 4.25. The van der Waals surface area contributed by atoms with E-state index in [1.165, 1.54) is 10.6 Å². The number of aryl methyl sites for hydroxylation is 2. The van der Waals surface area contributed by atoms with Gasteiger partial charge in [-0.15, -0.1) is 11.3 Å². The Morgan fingerprint density at radius 3 is 2.70 bits per heavy atom. The van der Waals surface area contributed by atoms with E-state index >= 15 is 0 Å². The summed E-state index contributed by atoms with van der Waals surface area (Å²) in [7, 11) is 0. The third kappa shape index (κ3) is 3.17. The topological polar surface area (TPSA) is 55.9 Å². The first-order chi connectivity index (χ1) is 9.62. The molecule has 1 unspecified atom stereocenters. The molecular weight excluding hydrogens is 404 g/mol. The lowest BCUT2D eigenvalue weighted by Gasteiger charge is -2.16. The van der Waals surface area contributed by atoms with Crippen molar-refractivity contribution in [2.45, 2.75) is 39.3 Å². The first kappa shape index (κ1) is 16.2. The van der Waals surface area contributed by atoms with Crippen LogP contribution in [-0.2, 0) is 19.4 Å². The van der Waals surface area contributed by atoms with Gasteiger partial charge in [0.05, 0.1) is 21.9 Å². The number of hydrogen-bond acceptors (Lipinski definition) is 4. The molecule has 4 nitrogen and oxygen atoms in total. The molecule has 0 saturated carbocycles. The van der Waals surface area contributed by atoms with Gasteiger partial charge in [-0.3, -0.25) is 16.0 Å². The molecule has 0 amide bonds. The van der Waals surface area contributed by atoms with E-state index in [9.17, 15) is 0 Å². The highest BCUT2D eigenvalue weighted by Gasteiger charge is 2.21. The SMILES string of the molecule is CCc1nn(CC)c(CC(NN)c2sccc2Br)c1Br. The van der Waals surface area contributed by atoms with Gasteiger partial charge < -0.3 is 0 Å². The highest BCUT2D eigenvalue weighted by atomic mass is 79.9. The summed E-state index contributed by atoms with van der Waals surface area (Å²) in [6.07, 6.45) is 1.72. The van der Waals surface area contributed by atoms with E-state index in [1.807, 2.05) is 6.07 Å². The number of nitrogens with zero attached hydrogens (tertiary/aromatic N) is 2. The number of halogens is 2. The van der Waals surface area contributed by atoms with Gasteiger partial charge in [0.15, 0.2) is 0 Å². The van der Waals surface area contributed by atoms with E-state index < -0.39 is 0 Å². The van der Waals surface area contributed by atoms with Crippen LogP contribution in [0.5, 0.6) is 0 Å². The highest BCUT2D eigenvalue weighted by molar-refractivity contribution is 9.10. The number of hydrazine groups is 1. The molecule has 2 aromatic rings. The Balaban J connectivity index is 2.32. The van der Waals surface area contributed by atoms with Crippen LogP contribution in [-0.4, -0.2) is 9.78 Å². The molecule has 3 N–H and O–H groups in total. The fourth-order valence-electron chi connectivity index (χ4n) is 2.19. The predicted octanol–water partition coefficient (Wildman–Crippen LogP) is 3.80. The van der Waals surface area contributed by atoms with Gasteiger partial charge in [-0.25, -0.2) is 0 Å². The van der Waals surface area contributed by atoms with Crippen molar-refractivity contribution < 1.29 is 0 Å². The van der Waals surface area contributed by atoms with E-state index in [-0.39, 0.29) is 6.04 Å². The Hall–Kier alpha value is -0.210. The van der Waals surface area contributed by atoms with Crippen LogP contribution in [0, 0.1) is 0 Å². The summed E-state index contributed by atoms with van der Waals surface area (Å²) in [5, 5.41) is 6.69. The average Bonchev–Trinajstić information content (AvgIpc) is 3.00. The number of rotatable bonds is 6. The summed E-state index contributed by atoms with van der Waals surface area (Å²) in [5.74, 6) is 5.75. The number of hydrogen-bond donors (Lipinski definition) is 2. The Morgan fingerprint density at radius 1 is 1.45 bits per heavy atom. The van der Waals surface area contributed by atoms with Crippen molar-refractivity contribution in [2.24, 2.45) is 5.84 Å². The quantitative estimate of drug-likeness (QED) is 0.550. The van der Waals surface area contributed by atoms with E-state index in [1.54, 1.807) is 11.3 Å². The van der Waals surface area contributed by atoms with Crippen LogP contribution in [0.2, 0.25) is 0 Å². The number of aromatic nitrogens is 2. The molecule has 0 aliphatic carbocycles. The second-order valence-corrected chi connectivity index (χ2v) is 7.03. The molecule has 0 aliphatic rings. The molecule has 0 aromatic carbocycles. The highest BCUT2D eigenvalue weighted by Crippen LogP contribution is 2.33. The van der Waals surface area contributed by atoms with Crippen molar-refractivity contribution in [3.05, 3.63) is 36.7 Å². The molecule has 2 rings (SSSR count). The largest absolute Gasteiger partial charge is 0.271 e. The standard InChI is InChI=1S/C13H18Br2N4S/c1-3-9-12(15)11(19(4-2)18-9)7-10(17-16)13-8(14)5-6-20-13/h5-6,10,17H,3-4,7,16H2,1-2H3. The zero-order valence-corrected chi connectivity index (χ0v) is 15.5. The minimum absolute atomic E-state index is 0.0763. The van der Waals surface area contributed by atoms with Crippen molar-refractivity contribution in [2.75, 3.05) is 0 Å². The van der Waals surface area contributed by atoms with Crippen LogP contribution in [0.15, 0.2) is 20.4 Å². The lowest BCUT2D eigenvalue weighted by molar-refractivity contribution is 0.520. The second kappa shape index (κ2) is 7.17. The lowest BCUT2D eigenvalue weighted by Crippen LogP contribution is -2.30. The van der Waals surface area contributed by atoms with Crippen molar-refractivity contribution in [3.8, 4) is 0 Å². The van der Waals surface area contributed by atoms with Crippen molar-refractivity contribution in [1.82, 2.24) is 15.2 Å². The van der Waals surface area contributed by atoms with Crippen molar-refractivity contribution in [1.29, 1.82) is 0 Å². The van der Waals surface area contributed by atoms with Gasteiger partial charge in [0.2, 0.25) is 0 Å². The summed E-state index contributed by atoms with van der Waals surface area (Å²) in [6.45, 7) is 5.08. The van der Waals surface area contributed by atoms with Gasteiger partial charge in [0.25, 0.3) is 0 Å². The predicted molar refractivity (Wildman–Crippen MR) is 90.8 cm³/mol. The molecule has 0 fully saturated rings. The second-order valence-electron chi connectivity index (χ2n) is 4.43. The van der Waals surface area contributed by atoms with Gasteiger partial charge in [-0.2, -0.15) is 5.10 Å². The molecule has 7 heteroatoms. The maximum absolute atomic E-state index is 5.75. The summed E-state index contributed by atoms with van der Waals surface area (Å²) in [4.78, 5) is 1.21. The third-order valence-corrected chi connectivity index (χ3v) is 6.15. The average molecular weight is 422 g/mol. The number of nitrogens with one attached hydrogen (secondary N) is 1. The van der Waals surface area contributed by atoms with E-state index in [0.717, 1.165) is 34.0 Å². The van der Waals surface area contributed by atoms with E-state index in [4.69, 9.17) is 5.84 Å². The third-order valence-electron chi connectivity index (χ3n) is 3.25. The molecule has 0 bridgehead atoms. The minimum Gasteiger partial charge on any atom is -0.271 e. The molecule has 2 heterocycles. The first-order valence-corrected chi connectivity index (χ1v) is 9.01. The molecule has 20 heavy (non-hydrogen) atoms. The van der Waals surface area contributed by atoms with Crippen LogP contribution in [0.4, 0.5) is 0 Å². The maximum atomic E-state index is 5.75. The summed E-state index contributed by atoms with van der Waals surface area (Å²) >= 11 is 8.96. The molecular formula is C13H18Br2N4S. The van der Waals surface area contributed by atoms with Crippen LogP contribution in [0.1, 0.15) is 36.2 Å². The van der Waals surface area contributed by atoms with E-state index in [2.05, 4.69) is 66.3 Å². The normalized spacial score (nSPS) is 12.8. The summed E-state index contributed by atoms with van der Waals surface area (Å²) in [5.41, 5.74) is 5.21. The Labute approximate surface area is 140 Å². The van der Waals surface area contributed by atoms with E-state index in [0.29, 0.717) is 0 Å². The van der Waals surface area contributed by atoms with Crippen LogP contribution in [0.3, 0.4) is 0 Å². The van der Waals surface area contributed by atoms with Gasteiger partial charge in [0, 0.05) is 22.3 Å². The summed E-state index contributed by atoms with van der Waals surface area (Å²) in [6, 6.07) is 2.13. The molecule has 1 atom stereocenters. The molecule has 0 spiro atoms. The maximum Gasteiger partial charge on any atom is 0.0766 e. The lowest BCUT2D eigenvalue weighted by atomic mass is 10.1. The van der Waals surface area contributed by atoms with Crippen LogP contribution >= 0.6 is 43.2 Å². The van der Waals surface area contributed by atoms with Gasteiger partial charge in [-0.1, -0.05) is 6.92 Å². The number of thiophene rings is 1. The van der Waals surface area contributed by atoms with Gasteiger partial charge in [0.1, 0.15) is 0 Å². The van der Waals surface area contributed by atoms with Crippen LogP contribution < -0.4 is 11.3 Å². The molecule has 0 radical (unpaired) electrons. The minimum atomic E-state index is 0.0763. The Bertz CT molecular complexity index is 579. The smallest absolute Gasteiger partial charge is 0.0766 e. The van der Waals surface area contributed by atoms with Crippen molar-refractivity contribution in [3.63, 3.8) is 0 Å². The molecule has 0 saturated heterocycles. The molecule has 110 valence electrons. The van der Waals surface area contributed by atoms with Crippen molar-refractivity contribution >= 4 is 43.2 Å². The zero-order valence-electron chi connectivity index (χ0n) is 11.5. The molecule has 0 aliphatic heterocycles. The van der Waals surface area contributed by atoms with Crippen LogP contribution in [0.25, 0.3) is 0 Å².